The average Bonchev–Trinajstić information content (AvgIpc) is 2.01. The molecule has 1 aromatic heterocycles. The van der Waals surface area contributed by atoms with Gasteiger partial charge in [-0.05, 0) is 13.0 Å². The van der Waals surface area contributed by atoms with E-state index < -0.39 is 0 Å². The Balaban J connectivity index is 3.13. The summed E-state index contributed by atoms with van der Waals surface area (Å²) in [6, 6.07) is 1.74. The van der Waals surface area contributed by atoms with Crippen LogP contribution >= 0.6 is 0 Å². The predicted molar refractivity (Wildman–Crippen MR) is 47.1 cm³/mol. The zero-order chi connectivity index (χ0) is 9.14. The standard InChI is InChI=1S/C8H12N2O2/c1-6-4-7(9-12-3)5-10(2)8(6)11/h4-5,9H,1-3H3. The third kappa shape index (κ3) is 1.65. The first-order valence-corrected chi connectivity index (χ1v) is 3.61. The number of hydrogen-bond donors (Lipinski definition) is 1. The van der Waals surface area contributed by atoms with Gasteiger partial charge in [0.2, 0.25) is 0 Å². The molecule has 0 aliphatic carbocycles. The molecule has 0 saturated carbocycles. The normalized spacial score (nSPS) is 9.92. The van der Waals surface area contributed by atoms with Crippen molar-refractivity contribution in [3.63, 3.8) is 0 Å². The Morgan fingerprint density at radius 3 is 2.75 bits per heavy atom. The maximum Gasteiger partial charge on any atom is 0.253 e. The highest BCUT2D eigenvalue weighted by Gasteiger charge is 1.98. The molecule has 0 unspecified atom stereocenters. The second-order valence-corrected chi connectivity index (χ2v) is 2.63. The molecule has 1 heterocycles. The fourth-order valence-corrected chi connectivity index (χ4v) is 1.05. The lowest BCUT2D eigenvalue weighted by Crippen LogP contribution is -2.19. The minimum Gasteiger partial charge on any atom is -0.316 e. The molecule has 0 saturated heterocycles. The van der Waals surface area contributed by atoms with Crippen LogP contribution in [0.2, 0.25) is 0 Å². The van der Waals surface area contributed by atoms with Gasteiger partial charge in [-0.1, -0.05) is 0 Å². The quantitative estimate of drug-likeness (QED) is 0.660. The third-order valence-corrected chi connectivity index (χ3v) is 1.58. The summed E-state index contributed by atoms with van der Waals surface area (Å²) in [5.41, 5.74) is 4.14. The number of aryl methyl sites for hydroxylation is 2. The van der Waals surface area contributed by atoms with E-state index >= 15 is 0 Å². The highest BCUT2D eigenvalue weighted by atomic mass is 16.6. The van der Waals surface area contributed by atoms with Gasteiger partial charge in [0.05, 0.1) is 12.8 Å². The third-order valence-electron chi connectivity index (χ3n) is 1.58. The summed E-state index contributed by atoms with van der Waals surface area (Å²) in [5.74, 6) is 0. The Morgan fingerprint density at radius 1 is 1.58 bits per heavy atom. The molecule has 1 N–H and O–H groups in total. The van der Waals surface area contributed by atoms with Crippen LogP contribution in [0.4, 0.5) is 5.69 Å². The first-order valence-electron chi connectivity index (χ1n) is 3.61. The predicted octanol–water partition coefficient (Wildman–Crippen LogP) is 0.667. The molecule has 0 fully saturated rings. The molecule has 0 amide bonds. The van der Waals surface area contributed by atoms with Gasteiger partial charge < -0.3 is 4.57 Å². The number of anilines is 1. The van der Waals surface area contributed by atoms with E-state index in [1.54, 1.807) is 26.2 Å². The summed E-state index contributed by atoms with van der Waals surface area (Å²) >= 11 is 0. The molecule has 4 nitrogen and oxygen atoms in total. The Kier molecular flexibility index (Phi) is 2.50. The molecular formula is C8H12N2O2. The minimum absolute atomic E-state index is 0.0108. The lowest BCUT2D eigenvalue weighted by Gasteiger charge is -2.05. The van der Waals surface area contributed by atoms with Gasteiger partial charge in [-0.3, -0.25) is 15.1 Å². The molecule has 0 atom stereocenters. The van der Waals surface area contributed by atoms with Gasteiger partial charge in [0.1, 0.15) is 0 Å². The maximum atomic E-state index is 11.2. The van der Waals surface area contributed by atoms with E-state index in [1.165, 1.54) is 11.7 Å². The number of hydrogen-bond acceptors (Lipinski definition) is 3. The van der Waals surface area contributed by atoms with Crippen molar-refractivity contribution >= 4 is 5.69 Å². The largest absolute Gasteiger partial charge is 0.316 e. The molecule has 4 heteroatoms. The molecule has 0 spiro atoms. The zero-order valence-electron chi connectivity index (χ0n) is 7.42. The van der Waals surface area contributed by atoms with Crippen LogP contribution in [0.1, 0.15) is 5.56 Å². The number of rotatable bonds is 2. The molecule has 0 aromatic carbocycles. The highest BCUT2D eigenvalue weighted by Crippen LogP contribution is 2.04. The molecule has 12 heavy (non-hydrogen) atoms. The van der Waals surface area contributed by atoms with Gasteiger partial charge in [-0.2, -0.15) is 0 Å². The summed E-state index contributed by atoms with van der Waals surface area (Å²) in [7, 11) is 3.23. The second-order valence-electron chi connectivity index (χ2n) is 2.63. The molecule has 0 aliphatic heterocycles. The van der Waals surface area contributed by atoms with Crippen LogP contribution in [0.15, 0.2) is 17.1 Å². The van der Waals surface area contributed by atoms with Gasteiger partial charge in [-0.25, -0.2) is 0 Å². The van der Waals surface area contributed by atoms with Crippen LogP contribution in [0.5, 0.6) is 0 Å². The van der Waals surface area contributed by atoms with E-state index in [0.29, 0.717) is 5.56 Å². The maximum absolute atomic E-state index is 11.2. The van der Waals surface area contributed by atoms with Crippen LogP contribution in [-0.2, 0) is 11.9 Å². The summed E-state index contributed by atoms with van der Waals surface area (Å²) in [4.78, 5) is 15.9. The monoisotopic (exact) mass is 168 g/mol. The van der Waals surface area contributed by atoms with Gasteiger partial charge in [-0.15, -0.1) is 0 Å². The summed E-state index contributed by atoms with van der Waals surface area (Å²) in [6.45, 7) is 1.77. The van der Waals surface area contributed by atoms with E-state index in [-0.39, 0.29) is 5.56 Å². The van der Waals surface area contributed by atoms with E-state index in [9.17, 15) is 4.79 Å². The van der Waals surface area contributed by atoms with Crippen molar-refractivity contribution < 1.29 is 4.84 Å². The molecule has 0 aliphatic rings. The number of nitrogens with zero attached hydrogens (tertiary/aromatic N) is 1. The first kappa shape index (κ1) is 8.80. The van der Waals surface area contributed by atoms with Crippen LogP contribution in [-0.4, -0.2) is 11.7 Å². The Bertz CT molecular complexity index is 304. The fourth-order valence-electron chi connectivity index (χ4n) is 1.05. The molecule has 1 aromatic rings. The molecular weight excluding hydrogens is 156 g/mol. The average molecular weight is 168 g/mol. The van der Waals surface area contributed by atoms with Crippen LogP contribution in [0.3, 0.4) is 0 Å². The van der Waals surface area contributed by atoms with Crippen LogP contribution < -0.4 is 11.0 Å². The SMILES string of the molecule is CONc1cc(C)c(=O)n(C)c1. The summed E-state index contributed by atoms with van der Waals surface area (Å²) in [5, 5.41) is 0. The Hall–Kier alpha value is -1.29. The van der Waals surface area contributed by atoms with E-state index in [1.807, 2.05) is 0 Å². The Labute approximate surface area is 70.7 Å². The van der Waals surface area contributed by atoms with Crippen molar-refractivity contribution in [3.05, 3.63) is 28.2 Å². The second kappa shape index (κ2) is 3.40. The number of pyridine rings is 1. The van der Waals surface area contributed by atoms with Crippen molar-refractivity contribution in [2.45, 2.75) is 6.92 Å². The molecule has 0 bridgehead atoms. The lowest BCUT2D eigenvalue weighted by atomic mass is 10.3. The van der Waals surface area contributed by atoms with E-state index in [2.05, 4.69) is 5.48 Å². The van der Waals surface area contributed by atoms with Crippen molar-refractivity contribution in [3.8, 4) is 0 Å². The van der Waals surface area contributed by atoms with Gasteiger partial charge in [0.15, 0.2) is 0 Å². The van der Waals surface area contributed by atoms with Crippen molar-refractivity contribution in [1.29, 1.82) is 0 Å². The van der Waals surface area contributed by atoms with E-state index in [0.717, 1.165) is 5.69 Å². The van der Waals surface area contributed by atoms with Crippen molar-refractivity contribution in [2.24, 2.45) is 7.05 Å². The fraction of sp³-hybridized carbons (Fsp3) is 0.375. The van der Waals surface area contributed by atoms with Crippen molar-refractivity contribution in [1.82, 2.24) is 4.57 Å². The van der Waals surface area contributed by atoms with Crippen LogP contribution in [0, 0.1) is 6.92 Å². The smallest absolute Gasteiger partial charge is 0.253 e. The van der Waals surface area contributed by atoms with Gasteiger partial charge in [0, 0.05) is 18.8 Å². The number of aromatic nitrogens is 1. The molecule has 66 valence electrons. The van der Waals surface area contributed by atoms with E-state index in [4.69, 9.17) is 4.84 Å². The van der Waals surface area contributed by atoms with Gasteiger partial charge >= 0.3 is 0 Å². The summed E-state index contributed by atoms with van der Waals surface area (Å²) < 4.78 is 1.51. The highest BCUT2D eigenvalue weighted by molar-refractivity contribution is 5.40. The Morgan fingerprint density at radius 2 is 2.25 bits per heavy atom. The summed E-state index contributed by atoms with van der Waals surface area (Å²) in [6.07, 6.45) is 1.68. The minimum atomic E-state index is 0.0108. The van der Waals surface area contributed by atoms with Crippen LogP contribution in [0.25, 0.3) is 0 Å². The molecule has 0 radical (unpaired) electrons. The lowest BCUT2D eigenvalue weighted by molar-refractivity contribution is 0.270. The molecule has 1 rings (SSSR count). The van der Waals surface area contributed by atoms with Gasteiger partial charge in [0.25, 0.3) is 5.56 Å². The first-order chi connectivity index (χ1) is 5.65. The van der Waals surface area contributed by atoms with Crippen molar-refractivity contribution in [2.75, 3.05) is 12.6 Å². The topological polar surface area (TPSA) is 43.3 Å². The zero-order valence-corrected chi connectivity index (χ0v) is 7.42. The number of nitrogens with one attached hydrogen (secondary N) is 1.